The number of rotatable bonds is 2. The van der Waals surface area contributed by atoms with Crippen LogP contribution in [0.25, 0.3) is 0 Å². The van der Waals surface area contributed by atoms with Crippen LogP contribution in [0.5, 0.6) is 0 Å². The zero-order chi connectivity index (χ0) is 20.2. The van der Waals surface area contributed by atoms with Gasteiger partial charge in [-0.25, -0.2) is 0 Å². The van der Waals surface area contributed by atoms with Crippen LogP contribution in [0.3, 0.4) is 0 Å². The van der Waals surface area contributed by atoms with Gasteiger partial charge in [-0.3, -0.25) is 9.11 Å². The molecule has 2 rings (SSSR count). The molecule has 0 aliphatic carbocycles. The van der Waals surface area contributed by atoms with Gasteiger partial charge in [-0.2, -0.15) is 8.42 Å². The molecule has 0 spiro atoms. The molecule has 0 aliphatic rings. The Kier molecular flexibility index (Phi) is 7.83. The van der Waals surface area contributed by atoms with Gasteiger partial charge < -0.3 is 0 Å². The van der Waals surface area contributed by atoms with E-state index in [4.69, 9.17) is 17.5 Å². The van der Waals surface area contributed by atoms with E-state index in [1.807, 2.05) is 0 Å². The van der Waals surface area contributed by atoms with Crippen molar-refractivity contribution in [3.05, 3.63) is 66.8 Å². The van der Waals surface area contributed by atoms with Crippen molar-refractivity contribution in [2.75, 3.05) is 0 Å². The van der Waals surface area contributed by atoms with E-state index in [-0.39, 0.29) is 32.0 Å². The fraction of sp³-hybridized carbons (Fsp3) is 0.400. The molecule has 0 aliphatic heterocycles. The smallest absolute Gasteiger partial charge is 0.264 e. The fourth-order valence-electron chi connectivity index (χ4n) is 2.15. The average Bonchev–Trinajstić information content (AvgIpc) is 2.45. The van der Waals surface area contributed by atoms with Crippen LogP contribution in [-0.4, -0.2) is 17.5 Å². The normalized spacial score (nSPS) is 12.3. The van der Waals surface area contributed by atoms with Gasteiger partial charge >= 0.3 is 31.6 Å². The summed E-state index contributed by atoms with van der Waals surface area (Å²) < 4.78 is 34.6. The van der Waals surface area contributed by atoms with Crippen LogP contribution >= 0.6 is 0 Å². The Labute approximate surface area is 167 Å². The first kappa shape index (κ1) is 23.1. The van der Waals surface area contributed by atoms with E-state index in [1.165, 1.54) is 18.3 Å². The number of benzene rings is 2. The van der Waals surface area contributed by atoms with Crippen molar-refractivity contribution >= 4 is 10.4 Å². The average molecular weight is 491 g/mol. The molecule has 2 aromatic rings. The van der Waals surface area contributed by atoms with Gasteiger partial charge in [0.25, 0.3) is 0 Å². The summed E-state index contributed by atoms with van der Waals surface area (Å²) in [6.07, 6.45) is 0. The molecule has 0 atom stereocenters. The van der Waals surface area contributed by atoms with E-state index >= 15 is 0 Å². The van der Waals surface area contributed by atoms with Gasteiger partial charge in [0.2, 0.25) is 0 Å². The third kappa shape index (κ3) is 9.12. The summed E-state index contributed by atoms with van der Waals surface area (Å²) in [6.45, 7) is 13.6. The van der Waals surface area contributed by atoms with Gasteiger partial charge in [0.15, 0.2) is 7.14 Å². The summed E-state index contributed by atoms with van der Waals surface area (Å²) in [5, 5.41) is 0. The molecule has 0 heterocycles. The molecule has 0 saturated carbocycles. The number of hydrogen-bond acceptors (Lipinski definition) is 2. The molecule has 4 nitrogen and oxygen atoms in total. The molecule has 0 radical (unpaired) electrons. The molecule has 2 aromatic carbocycles. The molecule has 2 N–H and O–H groups in total. The lowest BCUT2D eigenvalue weighted by atomic mass is 9.87. The molecule has 0 unspecified atom stereocenters. The highest BCUT2D eigenvalue weighted by Gasteiger charge is 2.20. The van der Waals surface area contributed by atoms with E-state index in [1.54, 1.807) is 0 Å². The second kappa shape index (κ2) is 8.82. The fourth-order valence-corrected chi connectivity index (χ4v) is 4.31. The highest BCUT2D eigenvalue weighted by Crippen LogP contribution is 2.21. The number of halogens is 1. The van der Waals surface area contributed by atoms with Crippen molar-refractivity contribution in [1.29, 1.82) is 0 Å². The van der Waals surface area contributed by atoms with Gasteiger partial charge in [-0.05, 0) is 46.2 Å². The van der Waals surface area contributed by atoms with Crippen molar-refractivity contribution in [2.45, 2.75) is 52.4 Å². The van der Waals surface area contributed by atoms with E-state index in [2.05, 4.69) is 90.1 Å². The highest BCUT2D eigenvalue weighted by atomic mass is 127. The lowest BCUT2D eigenvalue weighted by Gasteiger charge is -2.18. The SMILES string of the molecule is CC(C)(C)c1ccc([I+]c2ccc(C(C)(C)C)cc2)cc1.O=S(=O)(O)O. The Bertz CT molecular complexity index is 733. The zero-order valence-electron chi connectivity index (χ0n) is 16.1. The second-order valence-electron chi connectivity index (χ2n) is 8.06. The maximum absolute atomic E-state index is 8.74. The predicted octanol–water partition coefficient (Wildman–Crippen LogP) is 1.76. The minimum absolute atomic E-state index is 0.0703. The van der Waals surface area contributed by atoms with E-state index in [0.29, 0.717) is 0 Å². The Balaban J connectivity index is 0.000000597. The quantitative estimate of drug-likeness (QED) is 0.496. The van der Waals surface area contributed by atoms with Crippen molar-refractivity contribution in [3.8, 4) is 0 Å². The van der Waals surface area contributed by atoms with Crippen LogP contribution in [0, 0.1) is 7.14 Å². The van der Waals surface area contributed by atoms with E-state index in [0.717, 1.165) is 0 Å². The molecule has 26 heavy (non-hydrogen) atoms. The van der Waals surface area contributed by atoms with Gasteiger partial charge in [-0.1, -0.05) is 65.8 Å². The van der Waals surface area contributed by atoms with Crippen molar-refractivity contribution in [1.82, 2.24) is 0 Å². The molecule has 0 amide bonds. The van der Waals surface area contributed by atoms with Gasteiger partial charge in [0.05, 0.1) is 0 Å². The summed E-state index contributed by atoms with van der Waals surface area (Å²) in [4.78, 5) is 0. The molecule has 0 aromatic heterocycles. The molecule has 0 fully saturated rings. The molecule has 144 valence electrons. The summed E-state index contributed by atoms with van der Waals surface area (Å²) in [5.74, 6) is 0. The summed E-state index contributed by atoms with van der Waals surface area (Å²) in [7, 11) is -4.67. The molecular formula is C20H28IO4S+. The lowest BCUT2D eigenvalue weighted by molar-refractivity contribution is -0.597. The highest BCUT2D eigenvalue weighted by molar-refractivity contribution is 7.79. The van der Waals surface area contributed by atoms with Gasteiger partial charge in [0, 0.05) is 0 Å². The van der Waals surface area contributed by atoms with Crippen molar-refractivity contribution in [2.24, 2.45) is 0 Å². The summed E-state index contributed by atoms with van der Waals surface area (Å²) in [5.41, 5.74) is 3.31. The maximum atomic E-state index is 8.74. The molecular weight excluding hydrogens is 463 g/mol. The summed E-state index contributed by atoms with van der Waals surface area (Å²) >= 11 is -0.0703. The predicted molar refractivity (Wildman–Crippen MR) is 102 cm³/mol. The summed E-state index contributed by atoms with van der Waals surface area (Å²) in [6, 6.07) is 18.4. The molecule has 6 heteroatoms. The Morgan fingerprint density at radius 1 is 0.654 bits per heavy atom. The van der Waals surface area contributed by atoms with Crippen LogP contribution in [0.15, 0.2) is 48.5 Å². The Morgan fingerprint density at radius 3 is 1.08 bits per heavy atom. The minimum atomic E-state index is -4.67. The Morgan fingerprint density at radius 2 is 0.885 bits per heavy atom. The van der Waals surface area contributed by atoms with Crippen LogP contribution in [0.1, 0.15) is 52.7 Å². The van der Waals surface area contributed by atoms with Crippen molar-refractivity contribution in [3.63, 3.8) is 0 Å². The van der Waals surface area contributed by atoms with Crippen LogP contribution in [0.2, 0.25) is 0 Å². The van der Waals surface area contributed by atoms with Crippen LogP contribution < -0.4 is 21.2 Å². The number of hydrogen-bond donors (Lipinski definition) is 2. The van der Waals surface area contributed by atoms with Crippen molar-refractivity contribution < 1.29 is 38.7 Å². The third-order valence-corrected chi connectivity index (χ3v) is 6.32. The third-order valence-electron chi connectivity index (χ3n) is 3.64. The first-order chi connectivity index (χ1) is 11.7. The monoisotopic (exact) mass is 491 g/mol. The second-order valence-corrected chi connectivity index (χ2v) is 12.0. The van der Waals surface area contributed by atoms with E-state index < -0.39 is 10.4 Å². The molecule has 0 bridgehead atoms. The van der Waals surface area contributed by atoms with Gasteiger partial charge in [0.1, 0.15) is 0 Å². The van der Waals surface area contributed by atoms with Gasteiger partial charge in [-0.15, -0.1) is 0 Å². The largest absolute Gasteiger partial charge is 0.394 e. The first-order valence-corrected chi connectivity index (χ1v) is 11.8. The molecule has 0 saturated heterocycles. The minimum Gasteiger partial charge on any atom is -0.264 e. The maximum Gasteiger partial charge on any atom is 0.394 e. The Hall–Kier alpha value is -0.960. The standard InChI is InChI=1S/C20H26I.H2O4S/c1-19(2,3)15-7-11-17(12-8-15)21-18-13-9-16(10-14-18)20(4,5)6;1-5(2,3)4/h7-14H,1-6H3;(H2,1,2,3,4)/q+1;. The topological polar surface area (TPSA) is 74.6 Å². The van der Waals surface area contributed by atoms with E-state index in [9.17, 15) is 0 Å². The van der Waals surface area contributed by atoms with Crippen LogP contribution in [0.4, 0.5) is 0 Å². The lowest BCUT2D eigenvalue weighted by Crippen LogP contribution is -3.61. The van der Waals surface area contributed by atoms with Crippen LogP contribution in [-0.2, 0) is 21.2 Å². The zero-order valence-corrected chi connectivity index (χ0v) is 19.1. The first-order valence-electron chi connectivity index (χ1n) is 8.22.